The SMILES string of the molecule is COC(=O)[C@H](C)NP(=O)(OC[C@H]1O[C@@H](n2ccc3c(N)nc(C)nc32)[C@H](F)C1O)Oc1ccccc1. The summed E-state index contributed by atoms with van der Waals surface area (Å²) >= 11 is 0. The first kappa shape index (κ1) is 26.0. The van der Waals surface area contributed by atoms with Crippen LogP contribution in [-0.2, 0) is 23.4 Å². The fourth-order valence-electron chi connectivity index (χ4n) is 3.79. The number of carbonyl (C=O) groups is 1. The molecule has 12 nitrogen and oxygen atoms in total. The summed E-state index contributed by atoms with van der Waals surface area (Å²) in [5.74, 6) is 0.118. The van der Waals surface area contributed by atoms with E-state index in [1.807, 2.05) is 0 Å². The van der Waals surface area contributed by atoms with E-state index in [0.717, 1.165) is 0 Å². The Kier molecular flexibility index (Phi) is 7.57. The van der Waals surface area contributed by atoms with Gasteiger partial charge in [0.15, 0.2) is 12.4 Å². The molecular formula is C22H27FN5O7P. The van der Waals surface area contributed by atoms with E-state index in [9.17, 15) is 14.5 Å². The number of halogens is 1. The van der Waals surface area contributed by atoms with Crippen LogP contribution in [0.5, 0.6) is 5.75 Å². The van der Waals surface area contributed by atoms with Gasteiger partial charge in [-0.2, -0.15) is 5.09 Å². The molecule has 194 valence electrons. The number of rotatable bonds is 9. The molecule has 0 radical (unpaired) electrons. The van der Waals surface area contributed by atoms with Crippen LogP contribution < -0.4 is 15.3 Å². The second kappa shape index (κ2) is 10.5. The minimum absolute atomic E-state index is 0.200. The lowest BCUT2D eigenvalue weighted by Crippen LogP contribution is -2.36. The topological polar surface area (TPSA) is 160 Å². The molecule has 0 saturated carbocycles. The molecule has 14 heteroatoms. The summed E-state index contributed by atoms with van der Waals surface area (Å²) in [6, 6.07) is 8.70. The van der Waals surface area contributed by atoms with Gasteiger partial charge in [0.2, 0.25) is 0 Å². The number of para-hydroxylation sites is 1. The number of ether oxygens (including phenoxy) is 2. The third-order valence-electron chi connectivity index (χ3n) is 5.57. The maximum Gasteiger partial charge on any atom is 0.459 e. The molecule has 4 N–H and O–H groups in total. The summed E-state index contributed by atoms with van der Waals surface area (Å²) in [6.45, 7) is 2.55. The Morgan fingerprint density at radius 2 is 2.06 bits per heavy atom. The average molecular weight is 523 g/mol. The second-order valence-corrected chi connectivity index (χ2v) is 9.88. The number of aromatic nitrogens is 3. The number of aliphatic hydroxyl groups excluding tert-OH is 1. The van der Waals surface area contributed by atoms with Crippen molar-refractivity contribution in [2.75, 3.05) is 19.5 Å². The Bertz CT molecular complexity index is 1280. The number of aliphatic hydroxyl groups is 1. The molecule has 36 heavy (non-hydrogen) atoms. The van der Waals surface area contributed by atoms with Crippen molar-refractivity contribution in [3.8, 4) is 5.75 Å². The molecule has 2 unspecified atom stereocenters. The van der Waals surface area contributed by atoms with Gasteiger partial charge < -0.3 is 29.4 Å². The fourth-order valence-corrected chi connectivity index (χ4v) is 5.29. The number of benzene rings is 1. The van der Waals surface area contributed by atoms with E-state index < -0.39 is 51.0 Å². The highest BCUT2D eigenvalue weighted by atomic mass is 31.2. The normalized spacial score (nSPS) is 24.4. The quantitative estimate of drug-likeness (QED) is 0.279. The second-order valence-electron chi connectivity index (χ2n) is 8.19. The summed E-state index contributed by atoms with van der Waals surface area (Å²) in [5.41, 5.74) is 6.28. The lowest BCUT2D eigenvalue weighted by Gasteiger charge is -2.24. The minimum atomic E-state index is -4.20. The zero-order chi connectivity index (χ0) is 26.0. The van der Waals surface area contributed by atoms with Crippen LogP contribution in [0, 0.1) is 6.92 Å². The predicted molar refractivity (Wildman–Crippen MR) is 127 cm³/mol. The maximum atomic E-state index is 15.1. The molecule has 0 spiro atoms. The van der Waals surface area contributed by atoms with Crippen LogP contribution in [0.1, 0.15) is 19.0 Å². The van der Waals surface area contributed by atoms with Gasteiger partial charge in [-0.3, -0.25) is 9.32 Å². The van der Waals surface area contributed by atoms with Crippen LogP contribution in [0.2, 0.25) is 0 Å². The molecule has 4 rings (SSSR count). The number of nitrogen functional groups attached to an aromatic ring is 1. The molecule has 3 aromatic rings. The van der Waals surface area contributed by atoms with Crippen molar-refractivity contribution in [2.45, 2.75) is 44.5 Å². The van der Waals surface area contributed by atoms with Gasteiger partial charge in [-0.25, -0.2) is 18.9 Å². The molecule has 0 bridgehead atoms. The standard InChI is InChI=1S/C22H27FN5O7P/c1-12(22(30)32-3)27-36(31,35-14-7-5-4-6-8-14)33-11-16-18(29)17(23)21(34-16)28-10-9-15-19(24)25-13(2)26-20(15)28/h4-10,12,16-18,21,29H,11H2,1-3H3,(H,27,31)(H2,24,25,26)/t12-,16+,17+,18?,21+,36?/m0/s1. The highest BCUT2D eigenvalue weighted by Gasteiger charge is 2.47. The molecule has 0 aliphatic carbocycles. The maximum absolute atomic E-state index is 15.1. The zero-order valence-corrected chi connectivity index (χ0v) is 20.7. The molecule has 1 aliphatic rings. The largest absolute Gasteiger partial charge is 0.468 e. The van der Waals surface area contributed by atoms with E-state index >= 15 is 4.39 Å². The number of hydrogen-bond acceptors (Lipinski definition) is 10. The Morgan fingerprint density at radius 1 is 1.33 bits per heavy atom. The van der Waals surface area contributed by atoms with E-state index in [0.29, 0.717) is 16.9 Å². The van der Waals surface area contributed by atoms with Gasteiger partial charge in [0.1, 0.15) is 41.3 Å². The van der Waals surface area contributed by atoms with E-state index in [1.54, 1.807) is 43.3 Å². The summed E-state index contributed by atoms with van der Waals surface area (Å²) in [4.78, 5) is 20.3. The van der Waals surface area contributed by atoms with Crippen molar-refractivity contribution in [3.05, 3.63) is 48.4 Å². The number of fused-ring (bicyclic) bond motifs is 1. The number of alkyl halides is 1. The highest BCUT2D eigenvalue weighted by Crippen LogP contribution is 2.46. The van der Waals surface area contributed by atoms with Gasteiger partial charge >= 0.3 is 13.7 Å². The fraction of sp³-hybridized carbons (Fsp3) is 0.409. The van der Waals surface area contributed by atoms with Crippen LogP contribution >= 0.6 is 7.75 Å². The number of anilines is 1. The molecule has 1 fully saturated rings. The van der Waals surface area contributed by atoms with Crippen LogP contribution in [-0.4, -0.2) is 63.7 Å². The molecule has 0 amide bonds. The smallest absolute Gasteiger partial charge is 0.459 e. The number of carbonyl (C=O) groups excluding carboxylic acids is 1. The van der Waals surface area contributed by atoms with Crippen molar-refractivity contribution in [1.29, 1.82) is 0 Å². The Balaban J connectivity index is 1.52. The molecule has 1 aliphatic heterocycles. The molecule has 1 aromatic carbocycles. The first-order chi connectivity index (χ1) is 17.1. The lowest BCUT2D eigenvalue weighted by molar-refractivity contribution is -0.142. The van der Waals surface area contributed by atoms with Crippen molar-refractivity contribution in [3.63, 3.8) is 0 Å². The molecule has 1 saturated heterocycles. The third-order valence-corrected chi connectivity index (χ3v) is 7.21. The van der Waals surface area contributed by atoms with Gasteiger partial charge in [0, 0.05) is 6.20 Å². The summed E-state index contributed by atoms with van der Waals surface area (Å²) in [7, 11) is -3.02. The Labute approximate surface area is 206 Å². The minimum Gasteiger partial charge on any atom is -0.468 e. The van der Waals surface area contributed by atoms with Gasteiger partial charge in [0.05, 0.1) is 19.1 Å². The number of nitrogens with one attached hydrogen (secondary N) is 1. The lowest BCUT2D eigenvalue weighted by atomic mass is 10.1. The first-order valence-electron chi connectivity index (χ1n) is 11.0. The van der Waals surface area contributed by atoms with Gasteiger partial charge in [-0.15, -0.1) is 0 Å². The summed E-state index contributed by atoms with van der Waals surface area (Å²) < 4.78 is 51.5. The molecular weight excluding hydrogens is 496 g/mol. The van der Waals surface area contributed by atoms with Crippen molar-refractivity contribution in [1.82, 2.24) is 19.6 Å². The number of nitrogens with two attached hydrogens (primary N) is 1. The number of aryl methyl sites for hydroxylation is 1. The van der Waals surface area contributed by atoms with Gasteiger partial charge in [0.25, 0.3) is 0 Å². The van der Waals surface area contributed by atoms with Gasteiger partial charge in [-0.1, -0.05) is 18.2 Å². The highest BCUT2D eigenvalue weighted by molar-refractivity contribution is 7.52. The number of nitrogens with zero attached hydrogens (tertiary/aromatic N) is 3. The van der Waals surface area contributed by atoms with E-state index in [2.05, 4.69) is 19.8 Å². The van der Waals surface area contributed by atoms with Crippen LogP contribution in [0.3, 0.4) is 0 Å². The van der Waals surface area contributed by atoms with E-state index in [-0.39, 0.29) is 11.6 Å². The summed E-state index contributed by atoms with van der Waals surface area (Å²) in [5, 5.41) is 13.5. The molecule has 6 atom stereocenters. The number of methoxy groups -OCH3 is 1. The number of hydrogen-bond donors (Lipinski definition) is 3. The van der Waals surface area contributed by atoms with Crippen LogP contribution in [0.15, 0.2) is 42.6 Å². The predicted octanol–water partition coefficient (Wildman–Crippen LogP) is 2.27. The number of esters is 1. The molecule has 3 heterocycles. The summed E-state index contributed by atoms with van der Waals surface area (Å²) in [6.07, 6.45) is -4.41. The van der Waals surface area contributed by atoms with Crippen molar-refractivity contribution < 1.29 is 37.4 Å². The Morgan fingerprint density at radius 3 is 2.75 bits per heavy atom. The first-order valence-corrected chi connectivity index (χ1v) is 12.6. The average Bonchev–Trinajstić information content (AvgIpc) is 3.38. The van der Waals surface area contributed by atoms with Crippen LogP contribution in [0.4, 0.5) is 10.2 Å². The van der Waals surface area contributed by atoms with Crippen molar-refractivity contribution >= 4 is 30.6 Å². The van der Waals surface area contributed by atoms with Crippen molar-refractivity contribution in [2.24, 2.45) is 0 Å². The third kappa shape index (κ3) is 5.35. The van der Waals surface area contributed by atoms with E-state index in [4.69, 9.17) is 19.5 Å². The van der Waals surface area contributed by atoms with E-state index in [1.165, 1.54) is 24.8 Å². The zero-order valence-electron chi connectivity index (χ0n) is 19.8. The van der Waals surface area contributed by atoms with Gasteiger partial charge in [-0.05, 0) is 32.0 Å². The molecule has 2 aromatic heterocycles. The Hall–Kier alpha value is -3.09. The van der Waals surface area contributed by atoms with Crippen LogP contribution in [0.25, 0.3) is 11.0 Å². The monoisotopic (exact) mass is 523 g/mol.